The first kappa shape index (κ1) is 19.6. The highest BCUT2D eigenvalue weighted by atomic mass is 35.5. The van der Waals surface area contributed by atoms with Crippen molar-refractivity contribution in [3.8, 4) is 0 Å². The fraction of sp³-hybridized carbons (Fsp3) is 0.211. The number of benzene rings is 2. The molecule has 0 spiro atoms. The Hall–Kier alpha value is -2.70. The predicted molar refractivity (Wildman–Crippen MR) is 105 cm³/mol. The first-order valence-electron chi connectivity index (χ1n) is 8.05. The van der Waals surface area contributed by atoms with E-state index in [2.05, 4.69) is 5.32 Å². The van der Waals surface area contributed by atoms with Gasteiger partial charge in [-0.15, -0.1) is 12.4 Å². The van der Waals surface area contributed by atoms with Gasteiger partial charge in [-0.25, -0.2) is 4.99 Å². The summed E-state index contributed by atoms with van der Waals surface area (Å²) in [6.45, 7) is 1.58. The Bertz CT molecular complexity index is 836. The van der Waals surface area contributed by atoms with Crippen molar-refractivity contribution in [1.82, 2.24) is 5.32 Å². The summed E-state index contributed by atoms with van der Waals surface area (Å²) in [6, 6.07) is 15.1. The van der Waals surface area contributed by atoms with Crippen LogP contribution in [0.4, 0.5) is 11.4 Å². The van der Waals surface area contributed by atoms with Crippen molar-refractivity contribution in [3.05, 3.63) is 60.2 Å². The van der Waals surface area contributed by atoms with Crippen LogP contribution in [0, 0.1) is 0 Å². The third kappa shape index (κ3) is 3.76. The summed E-state index contributed by atoms with van der Waals surface area (Å²) >= 11 is 0. The molecule has 1 aliphatic heterocycles. The van der Waals surface area contributed by atoms with Crippen molar-refractivity contribution < 1.29 is 9.59 Å². The number of likely N-dealkylation sites (N-methyl/N-ethyl adjacent to an activating group) is 1. The number of amides is 2. The molecule has 0 radical (unpaired) electrons. The normalized spacial score (nSPS) is 17.3. The summed E-state index contributed by atoms with van der Waals surface area (Å²) in [5, 5.41) is 2.74. The Morgan fingerprint density at radius 2 is 1.77 bits per heavy atom. The van der Waals surface area contributed by atoms with Crippen molar-refractivity contribution in [3.63, 3.8) is 0 Å². The van der Waals surface area contributed by atoms with E-state index in [-0.39, 0.29) is 18.3 Å². The lowest BCUT2D eigenvalue weighted by atomic mass is 10.0. The third-order valence-corrected chi connectivity index (χ3v) is 4.10. The molecule has 1 aliphatic rings. The van der Waals surface area contributed by atoms with Gasteiger partial charge >= 0.3 is 0 Å². The molecule has 0 aliphatic carbocycles. The zero-order valence-electron chi connectivity index (χ0n) is 14.5. The average Bonchev–Trinajstić information content (AvgIpc) is 2.73. The number of carbonyl (C=O) groups is 2. The number of nitrogens with two attached hydrogens (primary N) is 1. The van der Waals surface area contributed by atoms with Crippen LogP contribution in [-0.4, -0.2) is 36.7 Å². The van der Waals surface area contributed by atoms with Crippen LogP contribution in [0.1, 0.15) is 12.5 Å². The molecule has 0 fully saturated rings. The van der Waals surface area contributed by atoms with E-state index in [1.54, 1.807) is 14.0 Å². The van der Waals surface area contributed by atoms with Crippen LogP contribution in [0.3, 0.4) is 0 Å². The minimum Gasteiger partial charge on any atom is -0.338 e. The number of para-hydroxylation sites is 2. The molecule has 6 nitrogen and oxygen atoms in total. The van der Waals surface area contributed by atoms with Gasteiger partial charge in [-0.05, 0) is 24.6 Å². The lowest BCUT2D eigenvalue weighted by Crippen LogP contribution is -2.54. The number of hydrogen-bond donors (Lipinski definition) is 2. The molecule has 2 aromatic rings. The van der Waals surface area contributed by atoms with Crippen LogP contribution in [0.2, 0.25) is 0 Å². The number of aliphatic imine (C=N–C) groups is 1. The summed E-state index contributed by atoms with van der Waals surface area (Å²) < 4.78 is 0. The van der Waals surface area contributed by atoms with Gasteiger partial charge in [0, 0.05) is 7.05 Å². The third-order valence-electron chi connectivity index (χ3n) is 4.10. The van der Waals surface area contributed by atoms with Gasteiger partial charge in [0.05, 0.1) is 23.1 Å². The second kappa shape index (κ2) is 8.12. The van der Waals surface area contributed by atoms with Gasteiger partial charge < -0.3 is 16.0 Å². The molecule has 3 rings (SSSR count). The number of rotatable bonds is 3. The van der Waals surface area contributed by atoms with Crippen LogP contribution >= 0.6 is 12.4 Å². The topological polar surface area (TPSA) is 87.8 Å². The van der Waals surface area contributed by atoms with E-state index in [4.69, 9.17) is 10.7 Å². The molecule has 0 bridgehead atoms. The van der Waals surface area contributed by atoms with Gasteiger partial charge in [-0.1, -0.05) is 42.5 Å². The van der Waals surface area contributed by atoms with Gasteiger partial charge in [0.2, 0.25) is 5.91 Å². The number of nitrogens with zero attached hydrogens (tertiary/aromatic N) is 2. The van der Waals surface area contributed by atoms with Crippen molar-refractivity contribution >= 4 is 41.3 Å². The van der Waals surface area contributed by atoms with Crippen molar-refractivity contribution in [2.24, 2.45) is 10.7 Å². The number of hydrogen-bond acceptors (Lipinski definition) is 4. The Kier molecular flexibility index (Phi) is 6.13. The van der Waals surface area contributed by atoms with Crippen LogP contribution in [0.15, 0.2) is 59.6 Å². The summed E-state index contributed by atoms with van der Waals surface area (Å²) in [4.78, 5) is 31.4. The number of fused-ring (bicyclic) bond motifs is 1. The molecular weight excluding hydrogens is 352 g/mol. The van der Waals surface area contributed by atoms with E-state index < -0.39 is 18.0 Å². The molecule has 136 valence electrons. The largest absolute Gasteiger partial charge is 0.338 e. The molecule has 2 atom stereocenters. The minimum atomic E-state index is -0.904. The molecular formula is C19H21ClN4O2. The van der Waals surface area contributed by atoms with Gasteiger partial charge in [-0.2, -0.15) is 0 Å². The summed E-state index contributed by atoms with van der Waals surface area (Å²) in [6.07, 6.45) is 0. The number of carbonyl (C=O) groups excluding carboxylic acids is 2. The zero-order valence-corrected chi connectivity index (χ0v) is 15.4. The van der Waals surface area contributed by atoms with Crippen molar-refractivity contribution in [2.75, 3.05) is 11.9 Å². The van der Waals surface area contributed by atoms with Gasteiger partial charge in [0.1, 0.15) is 0 Å². The average molecular weight is 373 g/mol. The van der Waals surface area contributed by atoms with Gasteiger partial charge in [-0.3, -0.25) is 9.59 Å². The lowest BCUT2D eigenvalue weighted by molar-refractivity contribution is -0.126. The quantitative estimate of drug-likeness (QED) is 0.864. The van der Waals surface area contributed by atoms with E-state index in [0.717, 1.165) is 5.56 Å². The maximum Gasteiger partial charge on any atom is 0.255 e. The number of halogens is 1. The van der Waals surface area contributed by atoms with E-state index >= 15 is 0 Å². The standard InChI is InChI=1S/C19H20N4O2.ClH/c1-12(20)18(24)22-17-16(13-8-4-3-5-9-13)21-14-10-6-7-11-15(14)23(2)19(17)25;/h3-12,17H,20H2,1-2H3,(H,22,24);1H/t12-,17?;/m0./s1. The Labute approximate surface area is 158 Å². The maximum atomic E-state index is 13.0. The van der Waals surface area contributed by atoms with E-state index in [1.165, 1.54) is 4.90 Å². The van der Waals surface area contributed by atoms with Crippen molar-refractivity contribution in [1.29, 1.82) is 0 Å². The Morgan fingerprint density at radius 1 is 1.15 bits per heavy atom. The fourth-order valence-corrected chi connectivity index (χ4v) is 2.71. The summed E-state index contributed by atoms with van der Waals surface area (Å²) in [5.74, 6) is -0.664. The van der Waals surface area contributed by atoms with Crippen LogP contribution in [0.5, 0.6) is 0 Å². The molecule has 7 heteroatoms. The molecule has 3 N–H and O–H groups in total. The Balaban J connectivity index is 0.00000243. The van der Waals surface area contributed by atoms with E-state index in [0.29, 0.717) is 17.1 Å². The summed E-state index contributed by atoms with van der Waals surface area (Å²) in [7, 11) is 1.68. The SMILES string of the molecule is C[C@H](N)C(=O)NC1C(=O)N(C)c2ccccc2N=C1c1ccccc1.Cl. The summed E-state index contributed by atoms with van der Waals surface area (Å²) in [5.41, 5.74) is 8.30. The molecule has 26 heavy (non-hydrogen) atoms. The second-order valence-corrected chi connectivity index (χ2v) is 5.98. The maximum absolute atomic E-state index is 13.0. The zero-order chi connectivity index (χ0) is 18.0. The lowest BCUT2D eigenvalue weighted by Gasteiger charge is -2.24. The second-order valence-electron chi connectivity index (χ2n) is 5.98. The molecule has 0 saturated carbocycles. The highest BCUT2D eigenvalue weighted by Crippen LogP contribution is 2.32. The first-order chi connectivity index (χ1) is 12.0. The van der Waals surface area contributed by atoms with E-state index in [9.17, 15) is 9.59 Å². The van der Waals surface area contributed by atoms with Gasteiger partial charge in [0.25, 0.3) is 5.91 Å². The van der Waals surface area contributed by atoms with Gasteiger partial charge in [0.15, 0.2) is 6.04 Å². The number of nitrogens with one attached hydrogen (secondary N) is 1. The van der Waals surface area contributed by atoms with E-state index in [1.807, 2.05) is 54.6 Å². The number of anilines is 1. The van der Waals surface area contributed by atoms with Crippen molar-refractivity contribution in [2.45, 2.75) is 19.0 Å². The van der Waals surface area contributed by atoms with Crippen LogP contribution < -0.4 is 16.0 Å². The minimum absolute atomic E-state index is 0. The van der Waals surface area contributed by atoms with Crippen LogP contribution in [-0.2, 0) is 9.59 Å². The fourth-order valence-electron chi connectivity index (χ4n) is 2.71. The molecule has 1 unspecified atom stereocenters. The first-order valence-corrected chi connectivity index (χ1v) is 8.05. The molecule has 0 aromatic heterocycles. The molecule has 0 saturated heterocycles. The molecule has 2 aromatic carbocycles. The molecule has 2 amide bonds. The Morgan fingerprint density at radius 3 is 2.42 bits per heavy atom. The smallest absolute Gasteiger partial charge is 0.255 e. The highest BCUT2D eigenvalue weighted by molar-refractivity contribution is 6.23. The monoisotopic (exact) mass is 372 g/mol. The molecule has 1 heterocycles. The highest BCUT2D eigenvalue weighted by Gasteiger charge is 2.34. The predicted octanol–water partition coefficient (Wildman–Crippen LogP) is 2.04. The van der Waals surface area contributed by atoms with Crippen LogP contribution in [0.25, 0.3) is 0 Å².